The second-order valence-corrected chi connectivity index (χ2v) is 6.19. The molecule has 0 aliphatic rings. The fourth-order valence-corrected chi connectivity index (χ4v) is 2.81. The summed E-state index contributed by atoms with van der Waals surface area (Å²) in [5.74, 6) is 0.268. The minimum Gasteiger partial charge on any atom is -0.351 e. The smallest absolute Gasteiger partial charge is 0.230 e. The second-order valence-electron chi connectivity index (χ2n) is 4.81. The Bertz CT molecular complexity index is 615. The van der Waals surface area contributed by atoms with Gasteiger partial charge in [-0.15, -0.1) is 10.2 Å². The summed E-state index contributed by atoms with van der Waals surface area (Å²) >= 11 is 7.28. The van der Waals surface area contributed by atoms with Gasteiger partial charge in [-0.1, -0.05) is 35.5 Å². The van der Waals surface area contributed by atoms with E-state index in [9.17, 15) is 4.79 Å². The molecule has 112 valence electrons. The maximum absolute atomic E-state index is 11.9. The normalized spacial score (nSPS) is 10.9. The number of nitrogens with zero attached hydrogens (tertiary/aromatic N) is 3. The van der Waals surface area contributed by atoms with Crippen LogP contribution >= 0.6 is 23.4 Å². The Morgan fingerprint density at radius 3 is 3.00 bits per heavy atom. The van der Waals surface area contributed by atoms with Gasteiger partial charge in [0, 0.05) is 17.6 Å². The number of benzene rings is 1. The van der Waals surface area contributed by atoms with Crippen LogP contribution < -0.4 is 5.32 Å². The maximum atomic E-state index is 11.9. The minimum absolute atomic E-state index is 0.0433. The molecule has 1 heterocycles. The summed E-state index contributed by atoms with van der Waals surface area (Å²) in [6, 6.07) is 7.71. The molecule has 0 radical (unpaired) electrons. The number of carbonyl (C=O) groups excluding carboxylic acids is 1. The Labute approximate surface area is 133 Å². The zero-order valence-electron chi connectivity index (χ0n) is 11.9. The molecule has 0 fully saturated rings. The first-order valence-corrected chi connectivity index (χ1v) is 7.96. The molecule has 2 aromatic rings. The van der Waals surface area contributed by atoms with Crippen LogP contribution in [-0.4, -0.2) is 26.4 Å². The number of hydrogen-bond acceptors (Lipinski definition) is 4. The topological polar surface area (TPSA) is 59.8 Å². The SMILES string of the molecule is CC(C)n1cnnc1SCC(=O)NCc1cccc(Cl)c1. The molecule has 21 heavy (non-hydrogen) atoms. The summed E-state index contributed by atoms with van der Waals surface area (Å²) in [4.78, 5) is 11.9. The lowest BCUT2D eigenvalue weighted by molar-refractivity contribution is -0.118. The molecule has 0 atom stereocenters. The number of aromatic nitrogens is 3. The van der Waals surface area contributed by atoms with Crippen LogP contribution in [0.2, 0.25) is 5.02 Å². The van der Waals surface area contributed by atoms with E-state index in [4.69, 9.17) is 11.6 Å². The Hall–Kier alpha value is -1.53. The van der Waals surface area contributed by atoms with Crippen LogP contribution in [0.15, 0.2) is 35.7 Å². The van der Waals surface area contributed by atoms with Gasteiger partial charge in [0.1, 0.15) is 6.33 Å². The van der Waals surface area contributed by atoms with Gasteiger partial charge in [-0.05, 0) is 31.5 Å². The van der Waals surface area contributed by atoms with Crippen molar-refractivity contribution in [2.24, 2.45) is 0 Å². The molecule has 1 amide bonds. The molecule has 5 nitrogen and oxygen atoms in total. The van der Waals surface area contributed by atoms with Crippen molar-refractivity contribution in [1.82, 2.24) is 20.1 Å². The molecular weight excluding hydrogens is 308 g/mol. The van der Waals surface area contributed by atoms with E-state index in [-0.39, 0.29) is 11.9 Å². The van der Waals surface area contributed by atoms with Gasteiger partial charge in [0.15, 0.2) is 5.16 Å². The zero-order chi connectivity index (χ0) is 15.2. The van der Waals surface area contributed by atoms with E-state index < -0.39 is 0 Å². The molecule has 0 bridgehead atoms. The van der Waals surface area contributed by atoms with Crippen molar-refractivity contribution in [1.29, 1.82) is 0 Å². The van der Waals surface area contributed by atoms with E-state index in [2.05, 4.69) is 15.5 Å². The quantitative estimate of drug-likeness (QED) is 0.830. The molecule has 0 saturated heterocycles. The first kappa shape index (κ1) is 15.9. The summed E-state index contributed by atoms with van der Waals surface area (Å²) in [7, 11) is 0. The first-order valence-electron chi connectivity index (χ1n) is 6.59. The van der Waals surface area contributed by atoms with Gasteiger partial charge in [0.2, 0.25) is 5.91 Å². The summed E-state index contributed by atoms with van der Waals surface area (Å²) in [5, 5.41) is 12.2. The van der Waals surface area contributed by atoms with Crippen LogP contribution in [0.1, 0.15) is 25.5 Å². The number of carbonyl (C=O) groups is 1. The summed E-state index contributed by atoms with van der Waals surface area (Å²) in [5.41, 5.74) is 0.978. The van der Waals surface area contributed by atoms with Gasteiger partial charge in [-0.3, -0.25) is 4.79 Å². The first-order chi connectivity index (χ1) is 10.1. The summed E-state index contributed by atoms with van der Waals surface area (Å²) < 4.78 is 1.94. The Morgan fingerprint density at radius 2 is 2.29 bits per heavy atom. The third-order valence-corrected chi connectivity index (χ3v) is 4.00. The Kier molecular flexibility index (Phi) is 5.64. The van der Waals surface area contributed by atoms with Gasteiger partial charge < -0.3 is 9.88 Å². The molecule has 7 heteroatoms. The van der Waals surface area contributed by atoms with E-state index in [0.29, 0.717) is 17.3 Å². The van der Waals surface area contributed by atoms with Crippen LogP contribution in [0.4, 0.5) is 0 Å². The van der Waals surface area contributed by atoms with Gasteiger partial charge in [-0.25, -0.2) is 0 Å². The van der Waals surface area contributed by atoms with E-state index in [1.54, 1.807) is 6.33 Å². The van der Waals surface area contributed by atoms with Crippen molar-refractivity contribution in [2.75, 3.05) is 5.75 Å². The number of hydrogen-bond donors (Lipinski definition) is 1. The second kappa shape index (κ2) is 7.47. The molecule has 1 aromatic carbocycles. The van der Waals surface area contributed by atoms with Crippen molar-refractivity contribution in [3.05, 3.63) is 41.2 Å². The third-order valence-electron chi connectivity index (χ3n) is 2.81. The highest BCUT2D eigenvalue weighted by Crippen LogP contribution is 2.18. The largest absolute Gasteiger partial charge is 0.351 e. The summed E-state index contributed by atoms with van der Waals surface area (Å²) in [6.07, 6.45) is 1.68. The number of nitrogens with one attached hydrogen (secondary N) is 1. The molecule has 1 aromatic heterocycles. The number of amides is 1. The fourth-order valence-electron chi connectivity index (χ4n) is 1.72. The van der Waals surface area contributed by atoms with Gasteiger partial charge in [0.05, 0.1) is 5.75 Å². The zero-order valence-corrected chi connectivity index (χ0v) is 13.5. The Morgan fingerprint density at radius 1 is 1.48 bits per heavy atom. The van der Waals surface area contributed by atoms with E-state index in [1.807, 2.05) is 42.7 Å². The molecular formula is C14H17ClN4OS. The number of thioether (sulfide) groups is 1. The minimum atomic E-state index is -0.0433. The van der Waals surface area contributed by atoms with Crippen LogP contribution in [0.5, 0.6) is 0 Å². The lowest BCUT2D eigenvalue weighted by Crippen LogP contribution is -2.24. The highest BCUT2D eigenvalue weighted by Gasteiger charge is 2.10. The average Bonchev–Trinajstić information content (AvgIpc) is 2.91. The van der Waals surface area contributed by atoms with Crippen molar-refractivity contribution in [3.63, 3.8) is 0 Å². The lowest BCUT2D eigenvalue weighted by atomic mass is 10.2. The monoisotopic (exact) mass is 324 g/mol. The predicted molar refractivity (Wildman–Crippen MR) is 84.4 cm³/mol. The predicted octanol–water partition coefficient (Wildman–Crippen LogP) is 2.92. The van der Waals surface area contributed by atoms with Gasteiger partial charge in [0.25, 0.3) is 0 Å². The maximum Gasteiger partial charge on any atom is 0.230 e. The van der Waals surface area contributed by atoms with Crippen molar-refractivity contribution >= 4 is 29.3 Å². The standard InChI is InChI=1S/C14H17ClN4OS/c1-10(2)19-9-17-18-14(19)21-8-13(20)16-7-11-4-3-5-12(15)6-11/h3-6,9-10H,7-8H2,1-2H3,(H,16,20). The highest BCUT2D eigenvalue weighted by atomic mass is 35.5. The van der Waals surface area contributed by atoms with Crippen LogP contribution in [0, 0.1) is 0 Å². The Balaban J connectivity index is 1.81. The molecule has 0 spiro atoms. The van der Waals surface area contributed by atoms with Gasteiger partial charge >= 0.3 is 0 Å². The van der Waals surface area contributed by atoms with Crippen LogP contribution in [-0.2, 0) is 11.3 Å². The molecule has 1 N–H and O–H groups in total. The molecule has 0 saturated carbocycles. The van der Waals surface area contributed by atoms with E-state index in [1.165, 1.54) is 11.8 Å². The molecule has 0 aliphatic carbocycles. The van der Waals surface area contributed by atoms with Crippen molar-refractivity contribution in [3.8, 4) is 0 Å². The molecule has 2 rings (SSSR count). The number of rotatable bonds is 6. The number of halogens is 1. The summed E-state index contributed by atoms with van der Waals surface area (Å²) in [6.45, 7) is 4.57. The third kappa shape index (κ3) is 4.75. The highest BCUT2D eigenvalue weighted by molar-refractivity contribution is 7.99. The lowest BCUT2D eigenvalue weighted by Gasteiger charge is -2.09. The molecule has 0 unspecified atom stereocenters. The van der Waals surface area contributed by atoms with Crippen LogP contribution in [0.3, 0.4) is 0 Å². The van der Waals surface area contributed by atoms with E-state index >= 15 is 0 Å². The van der Waals surface area contributed by atoms with Crippen molar-refractivity contribution < 1.29 is 4.79 Å². The fraction of sp³-hybridized carbons (Fsp3) is 0.357. The van der Waals surface area contributed by atoms with Crippen molar-refractivity contribution in [2.45, 2.75) is 31.6 Å². The van der Waals surface area contributed by atoms with Gasteiger partial charge in [-0.2, -0.15) is 0 Å². The van der Waals surface area contributed by atoms with E-state index in [0.717, 1.165) is 10.7 Å². The average molecular weight is 325 g/mol. The van der Waals surface area contributed by atoms with Crippen LogP contribution in [0.25, 0.3) is 0 Å². The molecule has 0 aliphatic heterocycles.